The summed E-state index contributed by atoms with van der Waals surface area (Å²) in [4.78, 5) is 21.2. The Balaban J connectivity index is 1.33. The minimum atomic E-state index is 0.0474. The van der Waals surface area contributed by atoms with Crippen molar-refractivity contribution in [3.05, 3.63) is 42.2 Å². The van der Waals surface area contributed by atoms with Gasteiger partial charge in [-0.25, -0.2) is 4.98 Å². The quantitative estimate of drug-likeness (QED) is 0.729. The molecule has 1 atom stereocenters. The summed E-state index contributed by atoms with van der Waals surface area (Å²) in [5, 5.41) is 14.1. The Bertz CT molecular complexity index is 895. The number of hydrogen-bond acceptors (Lipinski definition) is 6. The van der Waals surface area contributed by atoms with Crippen LogP contribution < -0.4 is 0 Å². The van der Waals surface area contributed by atoms with E-state index in [1.54, 1.807) is 11.0 Å². The normalized spacial score (nSPS) is 19.9. The van der Waals surface area contributed by atoms with Gasteiger partial charge in [-0.2, -0.15) is 16.9 Å². The number of thioether (sulfide) groups is 1. The Hall–Kier alpha value is -2.16. The lowest BCUT2D eigenvalue weighted by Crippen LogP contribution is -2.41. The van der Waals surface area contributed by atoms with E-state index in [9.17, 15) is 4.79 Å². The van der Waals surface area contributed by atoms with Gasteiger partial charge in [-0.15, -0.1) is 0 Å². The van der Waals surface area contributed by atoms with Crippen LogP contribution in [0.5, 0.6) is 0 Å². The van der Waals surface area contributed by atoms with Gasteiger partial charge in [0.2, 0.25) is 5.91 Å². The second kappa shape index (κ2) is 9.76. The number of hydrogen-bond donors (Lipinski definition) is 1. The maximum Gasteiger partial charge on any atom is 0.237 e. The van der Waals surface area contributed by atoms with Gasteiger partial charge in [0, 0.05) is 30.4 Å². The summed E-state index contributed by atoms with van der Waals surface area (Å²) >= 11 is 1.90. The minimum Gasteiger partial charge on any atom is -0.394 e. The van der Waals surface area contributed by atoms with Crippen molar-refractivity contribution in [1.82, 2.24) is 24.6 Å². The molecule has 1 amide bonds. The van der Waals surface area contributed by atoms with E-state index in [1.165, 1.54) is 17.6 Å². The summed E-state index contributed by atoms with van der Waals surface area (Å²) in [5.41, 5.74) is 3.42. The van der Waals surface area contributed by atoms with Crippen LogP contribution in [0, 0.1) is 0 Å². The third kappa shape index (κ3) is 4.94. The first-order valence-corrected chi connectivity index (χ1v) is 11.8. The lowest BCUT2D eigenvalue weighted by molar-refractivity contribution is -0.131. The van der Waals surface area contributed by atoms with Gasteiger partial charge in [-0.1, -0.05) is 30.3 Å². The predicted octanol–water partition coefficient (Wildman–Crippen LogP) is 1.99. The molecule has 2 aliphatic heterocycles. The molecule has 160 valence electrons. The highest BCUT2D eigenvalue weighted by molar-refractivity contribution is 7.99. The molecule has 0 bridgehead atoms. The third-order valence-corrected chi connectivity index (χ3v) is 6.91. The lowest BCUT2D eigenvalue weighted by Gasteiger charge is -2.28. The fourth-order valence-corrected chi connectivity index (χ4v) is 4.75. The summed E-state index contributed by atoms with van der Waals surface area (Å²) in [6.45, 7) is 4.56. The van der Waals surface area contributed by atoms with Gasteiger partial charge in [0.1, 0.15) is 6.33 Å². The van der Waals surface area contributed by atoms with Gasteiger partial charge in [-0.3, -0.25) is 14.4 Å². The molecule has 1 saturated heterocycles. The number of aromatic nitrogens is 3. The van der Waals surface area contributed by atoms with Gasteiger partial charge in [0.05, 0.1) is 19.7 Å². The highest BCUT2D eigenvalue weighted by Gasteiger charge is 2.26. The summed E-state index contributed by atoms with van der Waals surface area (Å²) in [7, 11) is 0. The minimum absolute atomic E-state index is 0.0474. The van der Waals surface area contributed by atoms with Crippen LogP contribution in [-0.4, -0.2) is 86.4 Å². The molecule has 2 aliphatic rings. The molecule has 1 N–H and O–H groups in total. The number of likely N-dealkylation sites (tertiary alicyclic amines) is 1. The summed E-state index contributed by atoms with van der Waals surface area (Å²) in [6, 6.07) is 8.25. The Morgan fingerprint density at radius 1 is 1.23 bits per heavy atom. The van der Waals surface area contributed by atoms with Gasteiger partial charge < -0.3 is 10.0 Å². The van der Waals surface area contributed by atoms with E-state index in [0.29, 0.717) is 30.7 Å². The molecule has 7 nitrogen and oxygen atoms in total. The smallest absolute Gasteiger partial charge is 0.237 e. The largest absolute Gasteiger partial charge is 0.394 e. The highest BCUT2D eigenvalue weighted by Crippen LogP contribution is 2.25. The molecule has 0 saturated carbocycles. The van der Waals surface area contributed by atoms with Crippen molar-refractivity contribution in [2.75, 3.05) is 45.6 Å². The molecule has 0 radical (unpaired) electrons. The van der Waals surface area contributed by atoms with Crippen molar-refractivity contribution in [2.45, 2.75) is 24.6 Å². The van der Waals surface area contributed by atoms with E-state index in [0.717, 1.165) is 31.6 Å². The van der Waals surface area contributed by atoms with Crippen LogP contribution in [0.1, 0.15) is 18.4 Å². The fraction of sp³-hybridized carbons (Fsp3) is 0.500. The molecule has 1 aromatic heterocycles. The molecule has 4 rings (SSSR count). The topological polar surface area (TPSA) is 74.5 Å². The molecule has 8 heteroatoms. The summed E-state index contributed by atoms with van der Waals surface area (Å²) < 4.78 is 1.64. The number of nitrogens with zero attached hydrogens (tertiary/aromatic N) is 5. The maximum absolute atomic E-state index is 12.7. The third-order valence-electron chi connectivity index (χ3n) is 5.86. The van der Waals surface area contributed by atoms with Crippen molar-refractivity contribution >= 4 is 23.2 Å². The van der Waals surface area contributed by atoms with E-state index in [-0.39, 0.29) is 12.5 Å². The number of carbonyl (C=O) groups excluding carboxylic acids is 1. The number of aliphatic hydroxyl groups excluding tert-OH is 1. The van der Waals surface area contributed by atoms with E-state index in [2.05, 4.69) is 39.4 Å². The van der Waals surface area contributed by atoms with Gasteiger partial charge in [0.15, 0.2) is 5.82 Å². The Labute approximate surface area is 181 Å². The first-order valence-electron chi connectivity index (χ1n) is 10.5. The van der Waals surface area contributed by atoms with E-state index >= 15 is 0 Å². The molecule has 3 heterocycles. The zero-order valence-corrected chi connectivity index (χ0v) is 18.2. The zero-order chi connectivity index (χ0) is 20.9. The maximum atomic E-state index is 12.7. The number of rotatable bonds is 7. The molecule has 0 unspecified atom stereocenters. The lowest BCUT2D eigenvalue weighted by atomic mass is 9.98. The SMILES string of the molecule is CS[C@H]1CCN(CC(=O)N2CC=C(c3ccc(-c4ncn(CCO)n4)cc3)CC2)C1. The Morgan fingerprint density at radius 2 is 2.03 bits per heavy atom. The van der Waals surface area contributed by atoms with Crippen molar-refractivity contribution in [3.8, 4) is 11.4 Å². The van der Waals surface area contributed by atoms with Crippen LogP contribution in [0.15, 0.2) is 36.7 Å². The second-order valence-corrected chi connectivity index (χ2v) is 8.97. The molecule has 0 aliphatic carbocycles. The molecular formula is C22H29N5O2S. The van der Waals surface area contributed by atoms with Gasteiger partial charge in [0.25, 0.3) is 0 Å². The molecule has 1 aromatic carbocycles. The predicted molar refractivity (Wildman–Crippen MR) is 120 cm³/mol. The summed E-state index contributed by atoms with van der Waals surface area (Å²) in [6.07, 6.45) is 8.03. The van der Waals surface area contributed by atoms with Gasteiger partial charge >= 0.3 is 0 Å². The van der Waals surface area contributed by atoms with Crippen LogP contribution in [0.25, 0.3) is 17.0 Å². The van der Waals surface area contributed by atoms with Crippen LogP contribution in [0.3, 0.4) is 0 Å². The second-order valence-electron chi connectivity index (χ2n) is 7.83. The molecule has 0 spiro atoms. The Kier molecular flexibility index (Phi) is 6.86. The van der Waals surface area contributed by atoms with Crippen molar-refractivity contribution in [1.29, 1.82) is 0 Å². The average Bonchev–Trinajstić information content (AvgIpc) is 3.44. The van der Waals surface area contributed by atoms with Crippen LogP contribution >= 0.6 is 11.8 Å². The standard InChI is InChI=1S/C22H29N5O2S/c1-30-20-8-9-25(14-20)15-21(29)26-10-6-18(7-11-26)17-2-4-19(5-3-17)22-23-16-27(24-22)12-13-28/h2-6,16,20,28H,7-15H2,1H3/t20-/m0/s1. The highest BCUT2D eigenvalue weighted by atomic mass is 32.2. The summed E-state index contributed by atoms with van der Waals surface area (Å²) in [5.74, 6) is 0.905. The molecular weight excluding hydrogens is 398 g/mol. The number of aliphatic hydroxyl groups is 1. The van der Waals surface area contributed by atoms with E-state index in [4.69, 9.17) is 5.11 Å². The van der Waals surface area contributed by atoms with Crippen molar-refractivity contribution in [3.63, 3.8) is 0 Å². The van der Waals surface area contributed by atoms with Crippen LogP contribution in [0.4, 0.5) is 0 Å². The number of amides is 1. The monoisotopic (exact) mass is 427 g/mol. The molecule has 1 fully saturated rings. The van der Waals surface area contributed by atoms with Crippen LogP contribution in [0.2, 0.25) is 0 Å². The van der Waals surface area contributed by atoms with Gasteiger partial charge in [-0.05, 0) is 36.8 Å². The van der Waals surface area contributed by atoms with E-state index in [1.807, 2.05) is 28.8 Å². The Morgan fingerprint density at radius 3 is 2.70 bits per heavy atom. The first kappa shape index (κ1) is 21.1. The van der Waals surface area contributed by atoms with Crippen molar-refractivity contribution in [2.24, 2.45) is 0 Å². The van der Waals surface area contributed by atoms with Crippen molar-refractivity contribution < 1.29 is 9.90 Å². The average molecular weight is 428 g/mol. The first-order chi connectivity index (χ1) is 14.7. The molecule has 2 aromatic rings. The fourth-order valence-electron chi connectivity index (χ4n) is 4.05. The van der Waals surface area contributed by atoms with E-state index < -0.39 is 0 Å². The number of carbonyl (C=O) groups is 1. The number of benzene rings is 1. The van der Waals surface area contributed by atoms with Crippen LogP contribution in [-0.2, 0) is 11.3 Å². The molecule has 30 heavy (non-hydrogen) atoms. The zero-order valence-electron chi connectivity index (χ0n) is 17.4.